The summed E-state index contributed by atoms with van der Waals surface area (Å²) in [5.41, 5.74) is 0.626. The summed E-state index contributed by atoms with van der Waals surface area (Å²) in [5, 5.41) is 5.92. The molecule has 0 aliphatic carbocycles. The number of ether oxygens (including phenoxy) is 1. The number of amides is 2. The SMILES string of the molecule is COc1ccc(NC(=O)c2ccnc(C(=O)NC(C)(C)C)c2)cc1Cl. The Kier molecular flexibility index (Phi) is 5.64. The van der Waals surface area contributed by atoms with E-state index in [0.717, 1.165) is 0 Å². The molecule has 1 aromatic heterocycles. The summed E-state index contributed by atoms with van der Waals surface area (Å²) >= 11 is 6.05. The van der Waals surface area contributed by atoms with Gasteiger partial charge in [0.05, 0.1) is 12.1 Å². The van der Waals surface area contributed by atoms with Crippen LogP contribution in [-0.2, 0) is 0 Å². The summed E-state index contributed by atoms with van der Waals surface area (Å²) < 4.78 is 5.07. The first kappa shape index (κ1) is 18.7. The normalized spacial score (nSPS) is 10.9. The van der Waals surface area contributed by atoms with Gasteiger partial charge in [-0.05, 0) is 51.1 Å². The first-order valence-corrected chi connectivity index (χ1v) is 8.01. The Bertz CT molecular complexity index is 800. The molecule has 0 aliphatic heterocycles. The van der Waals surface area contributed by atoms with Gasteiger partial charge in [-0.25, -0.2) is 0 Å². The Hall–Kier alpha value is -2.60. The predicted octanol–water partition coefficient (Wildman–Crippen LogP) is 3.52. The van der Waals surface area contributed by atoms with Crippen LogP contribution in [0.1, 0.15) is 41.6 Å². The smallest absolute Gasteiger partial charge is 0.270 e. The third kappa shape index (κ3) is 5.19. The lowest BCUT2D eigenvalue weighted by atomic mass is 10.1. The van der Waals surface area contributed by atoms with Crippen molar-refractivity contribution in [3.63, 3.8) is 0 Å². The number of benzene rings is 1. The number of hydrogen-bond acceptors (Lipinski definition) is 4. The number of nitrogens with zero attached hydrogens (tertiary/aromatic N) is 1. The topological polar surface area (TPSA) is 80.3 Å². The van der Waals surface area contributed by atoms with E-state index in [0.29, 0.717) is 22.0 Å². The summed E-state index contributed by atoms with van der Waals surface area (Å²) in [7, 11) is 1.51. The van der Waals surface area contributed by atoms with Crippen molar-refractivity contribution in [1.29, 1.82) is 0 Å². The van der Waals surface area contributed by atoms with Crippen molar-refractivity contribution in [3.8, 4) is 5.75 Å². The lowest BCUT2D eigenvalue weighted by Gasteiger charge is -2.20. The molecule has 1 heterocycles. The van der Waals surface area contributed by atoms with E-state index in [1.165, 1.54) is 25.4 Å². The summed E-state index contributed by atoms with van der Waals surface area (Å²) in [6, 6.07) is 7.91. The maximum Gasteiger partial charge on any atom is 0.270 e. The van der Waals surface area contributed by atoms with Crippen LogP contribution in [0, 0.1) is 0 Å². The van der Waals surface area contributed by atoms with Gasteiger partial charge in [0.15, 0.2) is 0 Å². The van der Waals surface area contributed by atoms with E-state index in [1.54, 1.807) is 18.2 Å². The van der Waals surface area contributed by atoms with Crippen molar-refractivity contribution in [2.24, 2.45) is 0 Å². The molecular formula is C18H20ClN3O3. The molecule has 132 valence electrons. The molecule has 7 heteroatoms. The first-order valence-electron chi connectivity index (χ1n) is 7.63. The number of halogens is 1. The molecule has 0 saturated carbocycles. The van der Waals surface area contributed by atoms with E-state index in [4.69, 9.17) is 16.3 Å². The largest absolute Gasteiger partial charge is 0.495 e. The van der Waals surface area contributed by atoms with Gasteiger partial charge in [-0.3, -0.25) is 14.6 Å². The van der Waals surface area contributed by atoms with E-state index in [1.807, 2.05) is 20.8 Å². The molecule has 1 aromatic carbocycles. The van der Waals surface area contributed by atoms with Gasteiger partial charge in [-0.15, -0.1) is 0 Å². The van der Waals surface area contributed by atoms with Gasteiger partial charge in [0.2, 0.25) is 0 Å². The van der Waals surface area contributed by atoms with Crippen LogP contribution in [0.3, 0.4) is 0 Å². The number of aromatic nitrogens is 1. The third-order valence-corrected chi connectivity index (χ3v) is 3.45. The number of methoxy groups -OCH3 is 1. The van der Waals surface area contributed by atoms with Crippen molar-refractivity contribution < 1.29 is 14.3 Å². The number of pyridine rings is 1. The van der Waals surface area contributed by atoms with E-state index >= 15 is 0 Å². The molecule has 2 N–H and O–H groups in total. The highest BCUT2D eigenvalue weighted by Crippen LogP contribution is 2.27. The van der Waals surface area contributed by atoms with Crippen molar-refractivity contribution in [1.82, 2.24) is 10.3 Å². The summed E-state index contributed by atoms with van der Waals surface area (Å²) in [6.45, 7) is 5.61. The van der Waals surface area contributed by atoms with Crippen LogP contribution in [-0.4, -0.2) is 29.4 Å². The number of carbonyl (C=O) groups is 2. The molecule has 0 aliphatic rings. The fourth-order valence-electron chi connectivity index (χ4n) is 2.05. The average Bonchev–Trinajstić information content (AvgIpc) is 2.53. The van der Waals surface area contributed by atoms with Crippen LogP contribution in [0.2, 0.25) is 5.02 Å². The van der Waals surface area contributed by atoms with Crippen LogP contribution in [0.15, 0.2) is 36.5 Å². The molecule has 0 fully saturated rings. The van der Waals surface area contributed by atoms with Crippen LogP contribution in [0.25, 0.3) is 0 Å². The minimum Gasteiger partial charge on any atom is -0.495 e. The van der Waals surface area contributed by atoms with Gasteiger partial charge < -0.3 is 15.4 Å². The molecule has 0 saturated heterocycles. The Labute approximate surface area is 151 Å². The van der Waals surface area contributed by atoms with E-state index < -0.39 is 5.54 Å². The van der Waals surface area contributed by atoms with E-state index in [2.05, 4.69) is 15.6 Å². The van der Waals surface area contributed by atoms with Gasteiger partial charge >= 0.3 is 0 Å². The quantitative estimate of drug-likeness (QED) is 0.873. The maximum atomic E-state index is 12.4. The number of carbonyl (C=O) groups excluding carboxylic acids is 2. The molecule has 2 aromatic rings. The molecule has 0 unspecified atom stereocenters. The number of anilines is 1. The second-order valence-electron chi connectivity index (χ2n) is 6.44. The Morgan fingerprint density at radius 3 is 2.44 bits per heavy atom. The minimum atomic E-state index is -0.392. The highest BCUT2D eigenvalue weighted by molar-refractivity contribution is 6.32. The molecule has 0 atom stereocenters. The van der Waals surface area contributed by atoms with Crippen LogP contribution in [0.5, 0.6) is 5.75 Å². The fraction of sp³-hybridized carbons (Fsp3) is 0.278. The molecule has 0 bridgehead atoms. The van der Waals surface area contributed by atoms with E-state index in [-0.39, 0.29) is 17.5 Å². The standard InChI is InChI=1S/C18H20ClN3O3/c1-18(2,3)22-17(24)14-9-11(7-8-20-14)16(23)21-12-5-6-15(25-4)13(19)10-12/h5-10H,1-4H3,(H,21,23)(H,22,24). The zero-order valence-electron chi connectivity index (χ0n) is 14.5. The molecule has 25 heavy (non-hydrogen) atoms. The molecule has 6 nitrogen and oxygen atoms in total. The van der Waals surface area contributed by atoms with Crippen molar-refractivity contribution in [2.45, 2.75) is 26.3 Å². The highest BCUT2D eigenvalue weighted by atomic mass is 35.5. The van der Waals surface area contributed by atoms with Crippen molar-refractivity contribution in [3.05, 3.63) is 52.8 Å². The lowest BCUT2D eigenvalue weighted by Crippen LogP contribution is -2.41. The van der Waals surface area contributed by atoms with Crippen LogP contribution >= 0.6 is 11.6 Å². The van der Waals surface area contributed by atoms with Gasteiger partial charge in [-0.1, -0.05) is 11.6 Å². The molecular weight excluding hydrogens is 342 g/mol. The van der Waals surface area contributed by atoms with Crippen LogP contribution < -0.4 is 15.4 Å². The Morgan fingerprint density at radius 1 is 1.12 bits per heavy atom. The zero-order chi connectivity index (χ0) is 18.6. The number of hydrogen-bond donors (Lipinski definition) is 2. The Morgan fingerprint density at radius 2 is 1.84 bits per heavy atom. The lowest BCUT2D eigenvalue weighted by molar-refractivity contribution is 0.0914. The van der Waals surface area contributed by atoms with Gasteiger partial charge in [0.1, 0.15) is 11.4 Å². The Balaban J connectivity index is 2.16. The first-order chi connectivity index (χ1) is 11.7. The van der Waals surface area contributed by atoms with Gasteiger partial charge in [0, 0.05) is 23.0 Å². The second-order valence-corrected chi connectivity index (χ2v) is 6.84. The van der Waals surface area contributed by atoms with Crippen LogP contribution in [0.4, 0.5) is 5.69 Å². The molecule has 0 radical (unpaired) electrons. The molecule has 0 spiro atoms. The molecule has 2 amide bonds. The summed E-state index contributed by atoms with van der Waals surface area (Å²) in [4.78, 5) is 28.6. The van der Waals surface area contributed by atoms with Gasteiger partial charge in [0.25, 0.3) is 11.8 Å². The highest BCUT2D eigenvalue weighted by Gasteiger charge is 2.17. The zero-order valence-corrected chi connectivity index (χ0v) is 15.3. The van der Waals surface area contributed by atoms with E-state index in [9.17, 15) is 9.59 Å². The van der Waals surface area contributed by atoms with Crippen molar-refractivity contribution >= 4 is 29.1 Å². The summed E-state index contributed by atoms with van der Waals surface area (Å²) in [6.07, 6.45) is 1.42. The number of rotatable bonds is 4. The second kappa shape index (κ2) is 7.53. The monoisotopic (exact) mass is 361 g/mol. The van der Waals surface area contributed by atoms with Crippen molar-refractivity contribution in [2.75, 3.05) is 12.4 Å². The predicted molar refractivity (Wildman–Crippen MR) is 97.4 cm³/mol. The molecule has 2 rings (SSSR count). The maximum absolute atomic E-state index is 12.4. The summed E-state index contributed by atoms with van der Waals surface area (Å²) in [5.74, 6) is -0.187. The third-order valence-electron chi connectivity index (χ3n) is 3.15. The average molecular weight is 362 g/mol. The minimum absolute atomic E-state index is 0.176. The van der Waals surface area contributed by atoms with Gasteiger partial charge in [-0.2, -0.15) is 0 Å². The number of nitrogens with one attached hydrogen (secondary N) is 2. The fourth-order valence-corrected chi connectivity index (χ4v) is 2.31.